The van der Waals surface area contributed by atoms with Crippen LogP contribution in [0.4, 0.5) is 5.69 Å². The highest BCUT2D eigenvalue weighted by atomic mass is 32.1. The predicted octanol–water partition coefficient (Wildman–Crippen LogP) is 2.15. The highest BCUT2D eigenvalue weighted by Gasteiger charge is 2.07. The lowest BCUT2D eigenvalue weighted by atomic mass is 10.3. The third-order valence-corrected chi connectivity index (χ3v) is 2.77. The Kier molecular flexibility index (Phi) is 2.61. The van der Waals surface area contributed by atoms with E-state index in [-0.39, 0.29) is 12.3 Å². The maximum Gasteiger partial charge on any atom is 0.238 e. The molecule has 0 radical (unpaired) electrons. The van der Waals surface area contributed by atoms with Crippen molar-refractivity contribution < 1.29 is 4.79 Å². The largest absolute Gasteiger partial charge is 0.324 e. The summed E-state index contributed by atoms with van der Waals surface area (Å²) in [6.07, 6.45) is 1.58. The number of nitriles is 1. The molecule has 0 bridgehead atoms. The summed E-state index contributed by atoms with van der Waals surface area (Å²) in [6, 6.07) is 5.51. The molecule has 5 heteroatoms. The molecular weight excluding hydrogens is 210 g/mol. The Bertz CT molecular complexity index is 541. The zero-order valence-electron chi connectivity index (χ0n) is 7.73. The summed E-state index contributed by atoms with van der Waals surface area (Å²) >= 11 is 1.47. The van der Waals surface area contributed by atoms with Gasteiger partial charge in [-0.1, -0.05) is 0 Å². The van der Waals surface area contributed by atoms with Gasteiger partial charge in [-0.3, -0.25) is 4.79 Å². The number of nitrogens with one attached hydrogen (secondary N) is 1. The van der Waals surface area contributed by atoms with Crippen molar-refractivity contribution in [1.29, 1.82) is 5.26 Å². The van der Waals surface area contributed by atoms with Crippen molar-refractivity contribution in [3.8, 4) is 6.07 Å². The average molecular weight is 217 g/mol. The van der Waals surface area contributed by atoms with E-state index in [1.807, 2.05) is 17.5 Å². The third kappa shape index (κ3) is 1.95. The van der Waals surface area contributed by atoms with E-state index in [0.717, 1.165) is 15.9 Å². The van der Waals surface area contributed by atoms with Gasteiger partial charge in [0.2, 0.25) is 5.91 Å². The summed E-state index contributed by atoms with van der Waals surface area (Å²) in [5.41, 5.74) is 0.725. The van der Waals surface area contributed by atoms with Crippen molar-refractivity contribution in [3.63, 3.8) is 0 Å². The molecule has 0 atom stereocenters. The number of aromatic nitrogens is 1. The van der Waals surface area contributed by atoms with Crippen LogP contribution in [0, 0.1) is 11.3 Å². The van der Waals surface area contributed by atoms with Gasteiger partial charge in [-0.05, 0) is 12.1 Å². The van der Waals surface area contributed by atoms with E-state index in [1.54, 1.807) is 12.3 Å². The fraction of sp³-hybridized carbons (Fsp3) is 0.100. The number of fused-ring (bicyclic) bond motifs is 1. The molecule has 1 N–H and O–H groups in total. The highest BCUT2D eigenvalue weighted by molar-refractivity contribution is 7.17. The van der Waals surface area contributed by atoms with Crippen molar-refractivity contribution in [3.05, 3.63) is 23.7 Å². The first kappa shape index (κ1) is 9.62. The van der Waals surface area contributed by atoms with Gasteiger partial charge in [-0.25, -0.2) is 4.98 Å². The molecule has 2 heterocycles. The minimum atomic E-state index is -0.291. The Balaban J connectivity index is 2.29. The number of hydrogen-bond acceptors (Lipinski definition) is 4. The molecule has 2 rings (SSSR count). The van der Waals surface area contributed by atoms with Crippen molar-refractivity contribution in [2.45, 2.75) is 6.42 Å². The number of anilines is 1. The summed E-state index contributed by atoms with van der Waals surface area (Å²) in [7, 11) is 0. The van der Waals surface area contributed by atoms with Crippen molar-refractivity contribution in [1.82, 2.24) is 4.98 Å². The second-order valence-corrected chi connectivity index (χ2v) is 3.75. The zero-order valence-corrected chi connectivity index (χ0v) is 8.54. The van der Waals surface area contributed by atoms with Crippen molar-refractivity contribution in [2.75, 3.05) is 5.32 Å². The number of pyridine rings is 1. The van der Waals surface area contributed by atoms with Crippen LogP contribution in [-0.4, -0.2) is 10.9 Å². The highest BCUT2D eigenvalue weighted by Crippen LogP contribution is 2.27. The molecule has 1 amide bonds. The molecule has 4 nitrogen and oxygen atoms in total. The maximum atomic E-state index is 11.2. The van der Waals surface area contributed by atoms with E-state index in [1.165, 1.54) is 11.3 Å². The average Bonchev–Trinajstić information content (AvgIpc) is 2.62. The molecule has 0 saturated heterocycles. The van der Waals surface area contributed by atoms with Crippen LogP contribution < -0.4 is 5.32 Å². The minimum Gasteiger partial charge on any atom is -0.324 e. The second kappa shape index (κ2) is 4.07. The van der Waals surface area contributed by atoms with E-state index < -0.39 is 0 Å². The summed E-state index contributed by atoms with van der Waals surface area (Å²) in [5.74, 6) is -0.291. The van der Waals surface area contributed by atoms with Crippen LogP contribution >= 0.6 is 11.3 Å². The molecule has 74 valence electrons. The lowest BCUT2D eigenvalue weighted by Gasteiger charge is -1.99. The number of rotatable bonds is 2. The zero-order chi connectivity index (χ0) is 10.7. The molecule has 0 unspecified atom stereocenters. The van der Waals surface area contributed by atoms with Gasteiger partial charge in [-0.15, -0.1) is 11.3 Å². The van der Waals surface area contributed by atoms with E-state index >= 15 is 0 Å². The van der Waals surface area contributed by atoms with Crippen LogP contribution in [-0.2, 0) is 4.79 Å². The van der Waals surface area contributed by atoms with E-state index in [9.17, 15) is 4.79 Å². The normalized spacial score (nSPS) is 9.80. The molecule has 2 aromatic rings. The van der Waals surface area contributed by atoms with Gasteiger partial charge >= 0.3 is 0 Å². The standard InChI is InChI=1S/C10H7N3OS/c11-4-3-9(14)13-8-6-15-10-7(8)2-1-5-12-10/h1-2,5-6H,3H2,(H,13,14). The lowest BCUT2D eigenvalue weighted by molar-refractivity contribution is -0.115. The molecule has 0 aliphatic rings. The van der Waals surface area contributed by atoms with Crippen LogP contribution in [0.3, 0.4) is 0 Å². The fourth-order valence-corrected chi connectivity index (χ4v) is 2.07. The van der Waals surface area contributed by atoms with Crippen molar-refractivity contribution in [2.24, 2.45) is 0 Å². The number of amides is 1. The summed E-state index contributed by atoms with van der Waals surface area (Å²) in [5, 5.41) is 13.8. The van der Waals surface area contributed by atoms with Crippen molar-refractivity contribution >= 4 is 33.1 Å². The van der Waals surface area contributed by atoms with Crippen LogP contribution in [0.25, 0.3) is 10.2 Å². The molecule has 0 saturated carbocycles. The van der Waals surface area contributed by atoms with E-state index in [4.69, 9.17) is 5.26 Å². The molecule has 0 fully saturated rings. The first-order valence-corrected chi connectivity index (χ1v) is 5.18. The summed E-state index contributed by atoms with van der Waals surface area (Å²) in [6.45, 7) is 0. The van der Waals surface area contributed by atoms with E-state index in [2.05, 4.69) is 10.3 Å². The molecule has 0 aromatic carbocycles. The number of hydrogen-bond donors (Lipinski definition) is 1. The summed E-state index contributed by atoms with van der Waals surface area (Å²) in [4.78, 5) is 16.2. The Morgan fingerprint density at radius 3 is 3.33 bits per heavy atom. The Morgan fingerprint density at radius 1 is 1.67 bits per heavy atom. The number of nitrogens with zero attached hydrogens (tertiary/aromatic N) is 2. The smallest absolute Gasteiger partial charge is 0.238 e. The number of carbonyl (C=O) groups is 1. The van der Waals surface area contributed by atoms with Gasteiger partial charge in [0.1, 0.15) is 11.3 Å². The van der Waals surface area contributed by atoms with Gasteiger partial charge in [0.05, 0.1) is 11.8 Å². The first-order valence-electron chi connectivity index (χ1n) is 4.30. The number of carbonyl (C=O) groups excluding carboxylic acids is 1. The van der Waals surface area contributed by atoms with E-state index in [0.29, 0.717) is 0 Å². The Labute approximate surface area is 90.2 Å². The quantitative estimate of drug-likeness (QED) is 0.838. The third-order valence-electron chi connectivity index (χ3n) is 1.86. The van der Waals surface area contributed by atoms with Crippen LogP contribution in [0.2, 0.25) is 0 Å². The van der Waals surface area contributed by atoms with Gasteiger partial charge in [0, 0.05) is 17.0 Å². The SMILES string of the molecule is N#CCC(=O)Nc1csc2ncccc12. The van der Waals surface area contributed by atoms with Crippen LogP contribution in [0.5, 0.6) is 0 Å². The molecule has 0 aliphatic heterocycles. The summed E-state index contributed by atoms with van der Waals surface area (Å²) < 4.78 is 0. The van der Waals surface area contributed by atoms with Gasteiger partial charge < -0.3 is 5.32 Å². The number of thiophene rings is 1. The van der Waals surface area contributed by atoms with Crippen LogP contribution in [0.15, 0.2) is 23.7 Å². The monoisotopic (exact) mass is 217 g/mol. The lowest BCUT2D eigenvalue weighted by Crippen LogP contribution is -2.09. The van der Waals surface area contributed by atoms with Gasteiger partial charge in [-0.2, -0.15) is 5.26 Å². The topological polar surface area (TPSA) is 65.8 Å². The maximum absolute atomic E-state index is 11.2. The molecule has 2 aromatic heterocycles. The van der Waals surface area contributed by atoms with Crippen LogP contribution in [0.1, 0.15) is 6.42 Å². The van der Waals surface area contributed by atoms with Gasteiger partial charge in [0.25, 0.3) is 0 Å². The Hall–Kier alpha value is -1.93. The molecule has 0 spiro atoms. The molecule has 15 heavy (non-hydrogen) atoms. The second-order valence-electron chi connectivity index (χ2n) is 2.89. The fourth-order valence-electron chi connectivity index (χ4n) is 1.23. The molecule has 0 aliphatic carbocycles. The predicted molar refractivity (Wildman–Crippen MR) is 58.5 cm³/mol. The molecular formula is C10H7N3OS. The minimum absolute atomic E-state index is 0.127. The Morgan fingerprint density at radius 2 is 2.53 bits per heavy atom. The van der Waals surface area contributed by atoms with Gasteiger partial charge in [0.15, 0.2) is 0 Å². The first-order chi connectivity index (χ1) is 7.31.